The van der Waals surface area contributed by atoms with E-state index in [0.717, 1.165) is 36.5 Å². The van der Waals surface area contributed by atoms with Gasteiger partial charge in [0.1, 0.15) is 5.82 Å². The van der Waals surface area contributed by atoms with Crippen LogP contribution in [0, 0.1) is 0 Å². The van der Waals surface area contributed by atoms with Crippen molar-refractivity contribution in [3.8, 4) is 0 Å². The third-order valence-electron chi connectivity index (χ3n) is 3.59. The maximum absolute atomic E-state index is 11.6. The lowest BCUT2D eigenvalue weighted by molar-refractivity contribution is 0.197. The van der Waals surface area contributed by atoms with Crippen molar-refractivity contribution < 1.29 is 4.79 Å². The number of anilines is 2. The maximum Gasteiger partial charge on any atom is 0.317 e. The average Bonchev–Trinajstić information content (AvgIpc) is 2.82. The molecule has 1 aromatic heterocycles. The number of hydrogen-bond donors (Lipinski definition) is 2. The van der Waals surface area contributed by atoms with Crippen LogP contribution in [0.15, 0.2) is 10.7 Å². The molecule has 1 atom stereocenters. The third kappa shape index (κ3) is 2.39. The van der Waals surface area contributed by atoms with Gasteiger partial charge in [-0.1, -0.05) is 0 Å². The molecule has 0 bridgehead atoms. The van der Waals surface area contributed by atoms with Crippen molar-refractivity contribution in [3.05, 3.63) is 10.7 Å². The smallest absolute Gasteiger partial charge is 0.317 e. The van der Waals surface area contributed by atoms with Crippen LogP contribution in [0.25, 0.3) is 0 Å². The molecule has 2 aliphatic rings. The second kappa shape index (κ2) is 5.43. The number of urea groups is 1. The van der Waals surface area contributed by atoms with Gasteiger partial charge >= 0.3 is 6.03 Å². The summed E-state index contributed by atoms with van der Waals surface area (Å²) < 4.78 is 0.880. The zero-order valence-electron chi connectivity index (χ0n) is 11.3. The number of hydrogen-bond acceptors (Lipinski definition) is 5. The first-order chi connectivity index (χ1) is 9.69. The summed E-state index contributed by atoms with van der Waals surface area (Å²) in [6.07, 6.45) is 1.77. The van der Waals surface area contributed by atoms with E-state index in [0.29, 0.717) is 12.5 Å². The van der Waals surface area contributed by atoms with E-state index >= 15 is 0 Å². The summed E-state index contributed by atoms with van der Waals surface area (Å²) in [5, 5.41) is 6.00. The Morgan fingerprint density at radius 2 is 2.40 bits per heavy atom. The fourth-order valence-electron chi connectivity index (χ4n) is 2.62. The van der Waals surface area contributed by atoms with Crippen LogP contribution in [-0.4, -0.2) is 59.7 Å². The zero-order chi connectivity index (χ0) is 14.1. The predicted molar refractivity (Wildman–Crippen MR) is 80.0 cm³/mol. The van der Waals surface area contributed by atoms with Gasteiger partial charge in [0.15, 0.2) is 0 Å². The molecule has 2 aliphatic heterocycles. The molecule has 0 aliphatic carbocycles. The third-order valence-corrected chi connectivity index (χ3v) is 4.15. The molecule has 0 saturated carbocycles. The molecule has 8 heteroatoms. The van der Waals surface area contributed by atoms with Crippen LogP contribution in [0.5, 0.6) is 0 Å². The molecule has 7 nitrogen and oxygen atoms in total. The molecule has 2 amide bonds. The minimum absolute atomic E-state index is 0.0461. The molecule has 2 saturated heterocycles. The van der Waals surface area contributed by atoms with E-state index in [4.69, 9.17) is 0 Å². The lowest BCUT2D eigenvalue weighted by atomic mass is 10.2. The number of halogens is 1. The first-order valence-corrected chi connectivity index (χ1v) is 7.54. The summed E-state index contributed by atoms with van der Waals surface area (Å²) in [5.74, 6) is 1.52. The van der Waals surface area contributed by atoms with Crippen LogP contribution in [-0.2, 0) is 0 Å². The van der Waals surface area contributed by atoms with Gasteiger partial charge in [-0.3, -0.25) is 0 Å². The van der Waals surface area contributed by atoms with Crippen molar-refractivity contribution in [2.75, 3.05) is 42.9 Å². The number of carbonyl (C=O) groups is 1. The van der Waals surface area contributed by atoms with Crippen LogP contribution in [0.1, 0.15) is 6.92 Å². The van der Waals surface area contributed by atoms with E-state index in [2.05, 4.69) is 41.4 Å². The normalized spacial score (nSPS) is 21.7. The number of piperazine rings is 1. The van der Waals surface area contributed by atoms with Gasteiger partial charge in [0, 0.05) is 38.9 Å². The number of nitrogens with zero attached hydrogens (tertiary/aromatic N) is 4. The number of fused-ring (bicyclic) bond motifs is 1. The quantitative estimate of drug-likeness (QED) is 0.854. The Bertz CT molecular complexity index is 525. The largest absolute Gasteiger partial charge is 0.354 e. The molecule has 2 N–H and O–H groups in total. The van der Waals surface area contributed by atoms with Gasteiger partial charge in [-0.15, -0.1) is 0 Å². The van der Waals surface area contributed by atoms with Crippen molar-refractivity contribution in [2.24, 2.45) is 0 Å². The second-order valence-electron chi connectivity index (χ2n) is 4.87. The van der Waals surface area contributed by atoms with Crippen LogP contribution >= 0.6 is 15.9 Å². The number of carbonyl (C=O) groups excluding carboxylic acids is 1. The van der Waals surface area contributed by atoms with E-state index in [1.54, 1.807) is 6.20 Å². The van der Waals surface area contributed by atoms with Gasteiger partial charge < -0.3 is 20.4 Å². The van der Waals surface area contributed by atoms with Crippen LogP contribution < -0.4 is 15.5 Å². The minimum Gasteiger partial charge on any atom is -0.354 e. The SMILES string of the molecule is CCNc1ncc(Br)c(N2CCN3C(=O)NCC3C2)n1. The first-order valence-electron chi connectivity index (χ1n) is 6.75. The Kier molecular flexibility index (Phi) is 3.64. The van der Waals surface area contributed by atoms with Crippen molar-refractivity contribution in [2.45, 2.75) is 13.0 Å². The minimum atomic E-state index is 0.0461. The van der Waals surface area contributed by atoms with E-state index in [9.17, 15) is 4.79 Å². The van der Waals surface area contributed by atoms with Crippen molar-refractivity contribution in [3.63, 3.8) is 0 Å². The monoisotopic (exact) mass is 340 g/mol. The van der Waals surface area contributed by atoms with Crippen LogP contribution in [0.2, 0.25) is 0 Å². The molecule has 2 fully saturated rings. The Morgan fingerprint density at radius 1 is 1.55 bits per heavy atom. The number of aromatic nitrogens is 2. The van der Waals surface area contributed by atoms with Gasteiger partial charge in [0.2, 0.25) is 5.95 Å². The van der Waals surface area contributed by atoms with Gasteiger partial charge in [0.05, 0.1) is 10.5 Å². The summed E-state index contributed by atoms with van der Waals surface area (Å²) in [6.45, 7) is 5.81. The molecule has 0 aromatic carbocycles. The highest BCUT2D eigenvalue weighted by Crippen LogP contribution is 2.27. The number of rotatable bonds is 3. The molecular formula is C12H17BrN6O. The summed E-state index contributed by atoms with van der Waals surface area (Å²) in [7, 11) is 0. The lowest BCUT2D eigenvalue weighted by Gasteiger charge is -2.37. The van der Waals surface area contributed by atoms with Gasteiger partial charge in [-0.2, -0.15) is 4.98 Å². The summed E-state index contributed by atoms with van der Waals surface area (Å²) in [5.41, 5.74) is 0. The molecule has 0 spiro atoms. The number of nitrogens with one attached hydrogen (secondary N) is 2. The van der Waals surface area contributed by atoms with Gasteiger partial charge in [0.25, 0.3) is 0 Å². The Morgan fingerprint density at radius 3 is 3.20 bits per heavy atom. The highest BCUT2D eigenvalue weighted by molar-refractivity contribution is 9.10. The van der Waals surface area contributed by atoms with Crippen LogP contribution in [0.3, 0.4) is 0 Å². The second-order valence-corrected chi connectivity index (χ2v) is 5.73. The van der Waals surface area contributed by atoms with E-state index in [1.807, 2.05) is 11.8 Å². The molecule has 1 unspecified atom stereocenters. The maximum atomic E-state index is 11.6. The molecule has 108 valence electrons. The molecular weight excluding hydrogens is 324 g/mol. The highest BCUT2D eigenvalue weighted by Gasteiger charge is 2.36. The Labute approximate surface area is 125 Å². The lowest BCUT2D eigenvalue weighted by Crippen LogP contribution is -2.52. The van der Waals surface area contributed by atoms with Gasteiger partial charge in [-0.05, 0) is 22.9 Å². The summed E-state index contributed by atoms with van der Waals surface area (Å²) in [6, 6.07) is 0.269. The highest BCUT2D eigenvalue weighted by atomic mass is 79.9. The van der Waals surface area contributed by atoms with Crippen molar-refractivity contribution in [1.82, 2.24) is 20.2 Å². The zero-order valence-corrected chi connectivity index (χ0v) is 12.9. The summed E-state index contributed by atoms with van der Waals surface area (Å²) in [4.78, 5) is 24.5. The average molecular weight is 341 g/mol. The molecule has 20 heavy (non-hydrogen) atoms. The van der Waals surface area contributed by atoms with E-state index in [-0.39, 0.29) is 12.1 Å². The molecule has 3 rings (SSSR count). The topological polar surface area (TPSA) is 73.4 Å². The Hall–Kier alpha value is -1.57. The van der Waals surface area contributed by atoms with Gasteiger partial charge in [-0.25, -0.2) is 9.78 Å². The standard InChI is InChI=1S/C12H17BrN6O/c1-2-14-11-15-6-9(13)10(17-11)18-3-4-19-8(7-18)5-16-12(19)20/h6,8H,2-5,7H2,1H3,(H,16,20)(H,14,15,17). The molecule has 1 aromatic rings. The molecule has 3 heterocycles. The van der Waals surface area contributed by atoms with Crippen molar-refractivity contribution >= 4 is 33.7 Å². The number of amides is 2. The fraction of sp³-hybridized carbons (Fsp3) is 0.583. The summed E-state index contributed by atoms with van der Waals surface area (Å²) >= 11 is 3.51. The Balaban J connectivity index is 1.79. The molecule has 0 radical (unpaired) electrons. The first kappa shape index (κ1) is 13.4. The van der Waals surface area contributed by atoms with Crippen LogP contribution in [0.4, 0.5) is 16.6 Å². The predicted octanol–water partition coefficient (Wildman–Crippen LogP) is 0.885. The van der Waals surface area contributed by atoms with Crippen molar-refractivity contribution in [1.29, 1.82) is 0 Å². The van der Waals surface area contributed by atoms with E-state index in [1.165, 1.54) is 0 Å². The van der Waals surface area contributed by atoms with E-state index < -0.39 is 0 Å². The fourth-order valence-corrected chi connectivity index (χ4v) is 3.06.